The third kappa shape index (κ3) is 3.10. The van der Waals surface area contributed by atoms with Gasteiger partial charge >= 0.3 is 0 Å². The van der Waals surface area contributed by atoms with Crippen LogP contribution in [0, 0.1) is 17.6 Å². The fraction of sp³-hybridized carbons (Fsp3) is 0.500. The summed E-state index contributed by atoms with van der Waals surface area (Å²) in [5.74, 6) is -2.12. The van der Waals surface area contributed by atoms with Crippen molar-refractivity contribution in [2.75, 3.05) is 33.7 Å². The molecule has 0 radical (unpaired) electrons. The first kappa shape index (κ1) is 13.9. The lowest BCUT2D eigenvalue weighted by Gasteiger charge is -2.21. The summed E-state index contributed by atoms with van der Waals surface area (Å²) in [6.07, 6.45) is 1.03. The smallest absolute Gasteiger partial charge is 0.256 e. The Morgan fingerprint density at radius 2 is 2.21 bits per heavy atom. The molecule has 1 fully saturated rings. The van der Waals surface area contributed by atoms with E-state index in [1.807, 2.05) is 7.05 Å². The molecule has 1 amide bonds. The van der Waals surface area contributed by atoms with Crippen LogP contribution in [0.3, 0.4) is 0 Å². The summed E-state index contributed by atoms with van der Waals surface area (Å²) in [4.78, 5) is 15.8. The topological polar surface area (TPSA) is 23.6 Å². The third-order valence-electron chi connectivity index (χ3n) is 3.55. The number of likely N-dealkylation sites (tertiary alicyclic amines) is 1. The second-order valence-electron chi connectivity index (χ2n) is 5.20. The molecule has 0 unspecified atom stereocenters. The van der Waals surface area contributed by atoms with E-state index in [9.17, 15) is 13.6 Å². The standard InChI is InChI=1S/C14H18F2N2O/c1-17-7-6-10(8-17)9-18(2)14(19)11-4-3-5-12(15)13(11)16/h3-5,10H,6-9H2,1-2H3/t10-/m0/s1. The van der Waals surface area contributed by atoms with E-state index in [-0.39, 0.29) is 5.56 Å². The third-order valence-corrected chi connectivity index (χ3v) is 3.55. The molecule has 5 heteroatoms. The summed E-state index contributed by atoms with van der Waals surface area (Å²) in [5, 5.41) is 0. The molecule has 1 atom stereocenters. The van der Waals surface area contributed by atoms with Crippen molar-refractivity contribution in [3.8, 4) is 0 Å². The van der Waals surface area contributed by atoms with Crippen LogP contribution in [0.5, 0.6) is 0 Å². The monoisotopic (exact) mass is 268 g/mol. The molecule has 0 saturated carbocycles. The van der Waals surface area contributed by atoms with Crippen LogP contribution in [-0.2, 0) is 0 Å². The number of carbonyl (C=O) groups excluding carboxylic acids is 1. The quantitative estimate of drug-likeness (QED) is 0.837. The van der Waals surface area contributed by atoms with Gasteiger partial charge in [0.05, 0.1) is 5.56 Å². The van der Waals surface area contributed by atoms with E-state index in [2.05, 4.69) is 4.90 Å². The largest absolute Gasteiger partial charge is 0.341 e. The van der Waals surface area contributed by atoms with Crippen LogP contribution in [0.1, 0.15) is 16.8 Å². The van der Waals surface area contributed by atoms with Crippen molar-refractivity contribution in [3.63, 3.8) is 0 Å². The molecular formula is C14H18F2N2O. The van der Waals surface area contributed by atoms with Crippen molar-refractivity contribution in [3.05, 3.63) is 35.4 Å². The number of amides is 1. The van der Waals surface area contributed by atoms with Crippen LogP contribution >= 0.6 is 0 Å². The fourth-order valence-corrected chi connectivity index (χ4v) is 2.52. The second-order valence-corrected chi connectivity index (χ2v) is 5.20. The average molecular weight is 268 g/mol. The minimum atomic E-state index is -1.07. The lowest BCUT2D eigenvalue weighted by Crippen LogP contribution is -2.33. The van der Waals surface area contributed by atoms with Gasteiger partial charge in [0.2, 0.25) is 0 Å². The summed E-state index contributed by atoms with van der Waals surface area (Å²) in [6.45, 7) is 2.52. The van der Waals surface area contributed by atoms with Crippen LogP contribution in [0.4, 0.5) is 8.78 Å². The van der Waals surface area contributed by atoms with E-state index in [1.54, 1.807) is 7.05 Å². The number of benzene rings is 1. The zero-order valence-electron chi connectivity index (χ0n) is 11.2. The second kappa shape index (κ2) is 5.65. The molecule has 104 valence electrons. The van der Waals surface area contributed by atoms with Crippen molar-refractivity contribution >= 4 is 5.91 Å². The molecule has 1 aliphatic heterocycles. The molecule has 1 saturated heterocycles. The number of hydrogen-bond donors (Lipinski definition) is 0. The molecule has 1 aliphatic rings. The van der Waals surface area contributed by atoms with Gasteiger partial charge in [-0.3, -0.25) is 4.79 Å². The van der Waals surface area contributed by atoms with Gasteiger partial charge in [-0.2, -0.15) is 0 Å². The van der Waals surface area contributed by atoms with Crippen LogP contribution < -0.4 is 0 Å². The SMILES string of the molecule is CN1CC[C@H](CN(C)C(=O)c2cccc(F)c2F)C1. The zero-order chi connectivity index (χ0) is 14.0. The van der Waals surface area contributed by atoms with Gasteiger partial charge in [-0.05, 0) is 38.1 Å². The summed E-state index contributed by atoms with van der Waals surface area (Å²) >= 11 is 0. The zero-order valence-corrected chi connectivity index (χ0v) is 11.2. The molecule has 1 heterocycles. The van der Waals surface area contributed by atoms with Crippen LogP contribution in [-0.4, -0.2) is 49.4 Å². The predicted octanol–water partition coefficient (Wildman–Crippen LogP) is 1.99. The van der Waals surface area contributed by atoms with E-state index in [0.717, 1.165) is 25.6 Å². The molecule has 1 aromatic rings. The summed E-state index contributed by atoms with van der Waals surface area (Å²) < 4.78 is 26.7. The normalized spacial score (nSPS) is 19.7. The first-order valence-electron chi connectivity index (χ1n) is 6.37. The molecule has 2 rings (SSSR count). The average Bonchev–Trinajstić information content (AvgIpc) is 2.77. The molecule has 0 spiro atoms. The van der Waals surface area contributed by atoms with Gasteiger partial charge in [0.1, 0.15) is 0 Å². The lowest BCUT2D eigenvalue weighted by atomic mass is 10.1. The highest BCUT2D eigenvalue weighted by Crippen LogP contribution is 2.18. The molecular weight excluding hydrogens is 250 g/mol. The Kier molecular flexibility index (Phi) is 4.14. The molecule has 3 nitrogen and oxygen atoms in total. The first-order chi connectivity index (χ1) is 8.99. The van der Waals surface area contributed by atoms with Crippen molar-refractivity contribution in [1.29, 1.82) is 0 Å². The van der Waals surface area contributed by atoms with Gasteiger partial charge in [-0.15, -0.1) is 0 Å². The van der Waals surface area contributed by atoms with Gasteiger partial charge in [0, 0.05) is 20.1 Å². The Balaban J connectivity index is 2.04. The van der Waals surface area contributed by atoms with Crippen LogP contribution in [0.15, 0.2) is 18.2 Å². The maximum Gasteiger partial charge on any atom is 0.256 e. The number of carbonyl (C=O) groups is 1. The Bertz CT molecular complexity index is 479. The van der Waals surface area contributed by atoms with E-state index in [1.165, 1.54) is 17.0 Å². The van der Waals surface area contributed by atoms with Crippen molar-refractivity contribution < 1.29 is 13.6 Å². The Labute approximate surface area is 111 Å². The van der Waals surface area contributed by atoms with Gasteiger partial charge in [0.15, 0.2) is 11.6 Å². The number of nitrogens with zero attached hydrogens (tertiary/aromatic N) is 2. The molecule has 19 heavy (non-hydrogen) atoms. The molecule has 1 aromatic carbocycles. The number of hydrogen-bond acceptors (Lipinski definition) is 2. The predicted molar refractivity (Wildman–Crippen MR) is 68.9 cm³/mol. The lowest BCUT2D eigenvalue weighted by molar-refractivity contribution is 0.0768. The van der Waals surface area contributed by atoms with E-state index in [4.69, 9.17) is 0 Å². The summed E-state index contributed by atoms with van der Waals surface area (Å²) in [7, 11) is 3.67. The minimum Gasteiger partial charge on any atom is -0.341 e. The summed E-state index contributed by atoms with van der Waals surface area (Å²) in [5.41, 5.74) is -0.200. The highest BCUT2D eigenvalue weighted by molar-refractivity contribution is 5.94. The number of halogens is 2. The fourth-order valence-electron chi connectivity index (χ4n) is 2.52. The molecule has 0 aromatic heterocycles. The Hall–Kier alpha value is -1.49. The Morgan fingerprint density at radius 3 is 2.84 bits per heavy atom. The Morgan fingerprint density at radius 1 is 1.47 bits per heavy atom. The molecule has 0 aliphatic carbocycles. The maximum atomic E-state index is 13.6. The molecule has 0 bridgehead atoms. The van der Waals surface area contributed by atoms with Crippen LogP contribution in [0.2, 0.25) is 0 Å². The van der Waals surface area contributed by atoms with E-state index in [0.29, 0.717) is 12.5 Å². The minimum absolute atomic E-state index is 0.200. The molecule has 0 N–H and O–H groups in total. The van der Waals surface area contributed by atoms with Crippen molar-refractivity contribution in [1.82, 2.24) is 9.80 Å². The van der Waals surface area contributed by atoms with Gasteiger partial charge in [-0.1, -0.05) is 6.07 Å². The summed E-state index contributed by atoms with van der Waals surface area (Å²) in [6, 6.07) is 3.68. The van der Waals surface area contributed by atoms with Gasteiger partial charge in [0.25, 0.3) is 5.91 Å². The first-order valence-corrected chi connectivity index (χ1v) is 6.37. The van der Waals surface area contributed by atoms with E-state index < -0.39 is 17.5 Å². The van der Waals surface area contributed by atoms with Crippen LogP contribution in [0.25, 0.3) is 0 Å². The number of rotatable bonds is 3. The van der Waals surface area contributed by atoms with Gasteiger partial charge < -0.3 is 9.80 Å². The highest BCUT2D eigenvalue weighted by atomic mass is 19.2. The maximum absolute atomic E-state index is 13.6. The van der Waals surface area contributed by atoms with Crippen molar-refractivity contribution in [2.24, 2.45) is 5.92 Å². The van der Waals surface area contributed by atoms with E-state index >= 15 is 0 Å². The van der Waals surface area contributed by atoms with Gasteiger partial charge in [-0.25, -0.2) is 8.78 Å². The van der Waals surface area contributed by atoms with Crippen molar-refractivity contribution in [2.45, 2.75) is 6.42 Å². The highest BCUT2D eigenvalue weighted by Gasteiger charge is 2.24.